The number of carbonyl (C=O) groups is 2. The smallest absolute Gasteiger partial charge is 0.338 e. The molecule has 0 atom stereocenters. The van der Waals surface area contributed by atoms with Crippen LogP contribution < -0.4 is 5.73 Å². The largest absolute Gasteiger partial charge is 0.478 e. The predicted octanol–water partition coefficient (Wildman–Crippen LogP) is 1.85. The molecule has 3 N–H and O–H groups in total. The van der Waals surface area contributed by atoms with E-state index in [4.69, 9.17) is 15.6 Å². The molecule has 0 saturated carbocycles. The number of aromatic carboxylic acids is 1. The van der Waals surface area contributed by atoms with E-state index in [0.717, 1.165) is 0 Å². The molecule has 5 nitrogen and oxygen atoms in total. The van der Waals surface area contributed by atoms with E-state index in [2.05, 4.69) is 0 Å². The van der Waals surface area contributed by atoms with E-state index in [1.54, 1.807) is 32.9 Å². The number of carbonyl (C=O) groups excluding carboxylic acids is 1. The highest BCUT2D eigenvalue weighted by Crippen LogP contribution is 2.19. The molecular weight excluding hydrogens is 234 g/mol. The lowest BCUT2D eigenvalue weighted by molar-refractivity contribution is -0.153. The number of carboxylic acids is 1. The van der Waals surface area contributed by atoms with Gasteiger partial charge in [-0.25, -0.2) is 4.79 Å². The van der Waals surface area contributed by atoms with Gasteiger partial charge in [0, 0.05) is 5.69 Å². The number of nitrogen functional groups attached to an aromatic ring is 1. The van der Waals surface area contributed by atoms with Gasteiger partial charge in [0.25, 0.3) is 0 Å². The van der Waals surface area contributed by atoms with Crippen LogP contribution in [0.4, 0.5) is 5.69 Å². The summed E-state index contributed by atoms with van der Waals surface area (Å²) < 4.78 is 5.14. The molecule has 0 bridgehead atoms. The summed E-state index contributed by atoms with van der Waals surface area (Å²) in [5.74, 6) is -1.62. The zero-order valence-electron chi connectivity index (χ0n) is 10.7. The van der Waals surface area contributed by atoms with Crippen LogP contribution in [0.3, 0.4) is 0 Å². The standard InChI is InChI=1S/C13H17NO4/c1-13(2,3)18-10(15)7-8-5-4-6-9(14)11(8)12(16)17/h4-6H,7,14H2,1-3H3,(H,16,17). The molecule has 0 aliphatic heterocycles. The maximum Gasteiger partial charge on any atom is 0.338 e. The monoisotopic (exact) mass is 251 g/mol. The Bertz CT molecular complexity index is 474. The van der Waals surface area contributed by atoms with E-state index in [0.29, 0.717) is 5.56 Å². The van der Waals surface area contributed by atoms with Crippen LogP contribution in [0, 0.1) is 0 Å². The number of hydrogen-bond donors (Lipinski definition) is 2. The zero-order valence-corrected chi connectivity index (χ0v) is 10.7. The van der Waals surface area contributed by atoms with Gasteiger partial charge in [-0.1, -0.05) is 12.1 Å². The fraction of sp³-hybridized carbons (Fsp3) is 0.385. The second-order valence-corrected chi connectivity index (χ2v) is 4.95. The average Bonchev–Trinajstić information content (AvgIpc) is 2.13. The van der Waals surface area contributed by atoms with Crippen LogP contribution in [0.2, 0.25) is 0 Å². The van der Waals surface area contributed by atoms with Crippen LogP contribution in [0.5, 0.6) is 0 Å². The van der Waals surface area contributed by atoms with Crippen molar-refractivity contribution in [1.29, 1.82) is 0 Å². The lowest BCUT2D eigenvalue weighted by Gasteiger charge is -2.19. The third-order valence-corrected chi connectivity index (χ3v) is 2.15. The first kappa shape index (κ1) is 14.0. The highest BCUT2D eigenvalue weighted by molar-refractivity contribution is 5.96. The van der Waals surface area contributed by atoms with Crippen molar-refractivity contribution in [1.82, 2.24) is 0 Å². The summed E-state index contributed by atoms with van der Waals surface area (Å²) in [5, 5.41) is 9.06. The third kappa shape index (κ3) is 3.76. The Morgan fingerprint density at radius 2 is 1.94 bits per heavy atom. The molecule has 0 aliphatic carbocycles. The number of carboxylic acid groups (broad SMARTS) is 1. The number of ether oxygens (including phenoxy) is 1. The van der Waals surface area contributed by atoms with Crippen LogP contribution in [0.1, 0.15) is 36.7 Å². The number of rotatable bonds is 3. The van der Waals surface area contributed by atoms with Gasteiger partial charge in [-0.15, -0.1) is 0 Å². The summed E-state index contributed by atoms with van der Waals surface area (Å²) in [6.07, 6.45) is -0.107. The normalized spacial score (nSPS) is 11.1. The van der Waals surface area contributed by atoms with Crippen molar-refractivity contribution in [2.45, 2.75) is 32.8 Å². The first-order valence-corrected chi connectivity index (χ1v) is 5.53. The zero-order chi connectivity index (χ0) is 13.9. The van der Waals surface area contributed by atoms with E-state index in [-0.39, 0.29) is 17.7 Å². The van der Waals surface area contributed by atoms with Crippen molar-refractivity contribution in [3.8, 4) is 0 Å². The molecule has 0 heterocycles. The fourth-order valence-corrected chi connectivity index (χ4v) is 1.56. The van der Waals surface area contributed by atoms with Crippen molar-refractivity contribution in [2.75, 3.05) is 5.73 Å². The Kier molecular flexibility index (Phi) is 3.96. The average molecular weight is 251 g/mol. The summed E-state index contributed by atoms with van der Waals surface area (Å²) >= 11 is 0. The van der Waals surface area contributed by atoms with Crippen molar-refractivity contribution in [3.63, 3.8) is 0 Å². The first-order valence-electron chi connectivity index (χ1n) is 5.53. The molecule has 0 radical (unpaired) electrons. The van der Waals surface area contributed by atoms with Gasteiger partial charge in [0.15, 0.2) is 0 Å². The summed E-state index contributed by atoms with van der Waals surface area (Å²) in [7, 11) is 0. The Balaban J connectivity index is 2.95. The lowest BCUT2D eigenvalue weighted by Crippen LogP contribution is -2.25. The highest BCUT2D eigenvalue weighted by Gasteiger charge is 2.20. The molecule has 0 aromatic heterocycles. The minimum absolute atomic E-state index is 0.0386. The number of benzene rings is 1. The lowest BCUT2D eigenvalue weighted by atomic mass is 10.0. The van der Waals surface area contributed by atoms with Crippen molar-refractivity contribution in [2.24, 2.45) is 0 Å². The molecule has 0 aliphatic rings. The Morgan fingerprint density at radius 1 is 1.33 bits per heavy atom. The summed E-state index contributed by atoms with van der Waals surface area (Å²) in [6, 6.07) is 4.66. The van der Waals surface area contributed by atoms with Gasteiger partial charge < -0.3 is 15.6 Å². The highest BCUT2D eigenvalue weighted by atomic mass is 16.6. The Labute approximate surface area is 106 Å². The van der Waals surface area contributed by atoms with Crippen molar-refractivity contribution < 1.29 is 19.4 Å². The fourth-order valence-electron chi connectivity index (χ4n) is 1.56. The Morgan fingerprint density at radius 3 is 2.44 bits per heavy atom. The van der Waals surface area contributed by atoms with Gasteiger partial charge in [-0.3, -0.25) is 4.79 Å². The third-order valence-electron chi connectivity index (χ3n) is 2.15. The molecule has 0 unspecified atom stereocenters. The Hall–Kier alpha value is -2.04. The maximum atomic E-state index is 11.7. The van der Waals surface area contributed by atoms with Crippen LogP contribution in [-0.4, -0.2) is 22.6 Å². The number of nitrogens with two attached hydrogens (primary N) is 1. The van der Waals surface area contributed by atoms with E-state index < -0.39 is 17.5 Å². The molecule has 1 rings (SSSR count). The molecule has 0 fully saturated rings. The molecule has 18 heavy (non-hydrogen) atoms. The van der Waals surface area contributed by atoms with E-state index >= 15 is 0 Å². The second-order valence-electron chi connectivity index (χ2n) is 4.95. The van der Waals surface area contributed by atoms with Crippen LogP contribution in [-0.2, 0) is 16.0 Å². The molecule has 98 valence electrons. The van der Waals surface area contributed by atoms with E-state index in [1.165, 1.54) is 6.07 Å². The minimum atomic E-state index is -1.15. The summed E-state index contributed by atoms with van der Waals surface area (Å²) in [6.45, 7) is 5.26. The summed E-state index contributed by atoms with van der Waals surface area (Å²) in [4.78, 5) is 22.7. The van der Waals surface area contributed by atoms with E-state index in [9.17, 15) is 9.59 Å². The van der Waals surface area contributed by atoms with Gasteiger partial charge >= 0.3 is 11.9 Å². The number of esters is 1. The molecule has 1 aromatic rings. The van der Waals surface area contributed by atoms with Crippen LogP contribution in [0.15, 0.2) is 18.2 Å². The quantitative estimate of drug-likeness (QED) is 0.632. The minimum Gasteiger partial charge on any atom is -0.478 e. The number of hydrogen-bond acceptors (Lipinski definition) is 4. The molecule has 1 aromatic carbocycles. The molecule has 0 saturated heterocycles. The topological polar surface area (TPSA) is 89.6 Å². The maximum absolute atomic E-state index is 11.7. The first-order chi connectivity index (χ1) is 8.20. The summed E-state index contributed by atoms with van der Waals surface area (Å²) in [5.41, 5.74) is 5.46. The number of anilines is 1. The van der Waals surface area contributed by atoms with Gasteiger partial charge in [-0.05, 0) is 32.4 Å². The van der Waals surface area contributed by atoms with Crippen molar-refractivity contribution in [3.05, 3.63) is 29.3 Å². The van der Waals surface area contributed by atoms with Gasteiger partial charge in [0.05, 0.1) is 12.0 Å². The SMILES string of the molecule is CC(C)(C)OC(=O)Cc1cccc(N)c1C(=O)O. The molecule has 0 spiro atoms. The second kappa shape index (κ2) is 5.08. The van der Waals surface area contributed by atoms with Crippen LogP contribution in [0.25, 0.3) is 0 Å². The van der Waals surface area contributed by atoms with Gasteiger partial charge in [0.1, 0.15) is 5.60 Å². The molecular formula is C13H17NO4. The molecule has 0 amide bonds. The van der Waals surface area contributed by atoms with Crippen LogP contribution >= 0.6 is 0 Å². The van der Waals surface area contributed by atoms with Crippen molar-refractivity contribution >= 4 is 17.6 Å². The molecule has 5 heteroatoms. The van der Waals surface area contributed by atoms with Gasteiger partial charge in [0.2, 0.25) is 0 Å². The van der Waals surface area contributed by atoms with Gasteiger partial charge in [-0.2, -0.15) is 0 Å². The van der Waals surface area contributed by atoms with E-state index in [1.807, 2.05) is 0 Å². The predicted molar refractivity (Wildman–Crippen MR) is 67.4 cm³/mol.